The van der Waals surface area contributed by atoms with Gasteiger partial charge >= 0.3 is 0 Å². The summed E-state index contributed by atoms with van der Waals surface area (Å²) < 4.78 is 3.26. The highest BCUT2D eigenvalue weighted by atomic mass is 79.9. The van der Waals surface area contributed by atoms with E-state index in [-0.39, 0.29) is 0 Å². The van der Waals surface area contributed by atoms with Crippen molar-refractivity contribution in [2.75, 3.05) is 6.54 Å². The Hall–Kier alpha value is -0.650. The fourth-order valence-electron chi connectivity index (χ4n) is 1.29. The summed E-state index contributed by atoms with van der Waals surface area (Å²) >= 11 is 5.22. The topological polar surface area (TPSA) is 29.9 Å². The molecule has 80 valence electrons. The van der Waals surface area contributed by atoms with Crippen molar-refractivity contribution in [1.29, 1.82) is 0 Å². The smallest absolute Gasteiger partial charge is 0.0946 e. The van der Waals surface area contributed by atoms with Crippen LogP contribution in [0.5, 0.6) is 0 Å². The number of thiophene rings is 1. The molecule has 1 N–H and O–H groups in total. The van der Waals surface area contributed by atoms with E-state index in [1.54, 1.807) is 17.5 Å². The van der Waals surface area contributed by atoms with Gasteiger partial charge < -0.3 is 9.88 Å². The lowest BCUT2D eigenvalue weighted by molar-refractivity contribution is 0.600. The van der Waals surface area contributed by atoms with Gasteiger partial charge in [0.15, 0.2) is 0 Å². The minimum atomic E-state index is 0.935. The van der Waals surface area contributed by atoms with Gasteiger partial charge in [-0.1, -0.05) is 0 Å². The van der Waals surface area contributed by atoms with Crippen LogP contribution in [0.2, 0.25) is 0 Å². The molecule has 0 atom stereocenters. The number of nitrogens with one attached hydrogen (secondary N) is 1. The first-order valence-electron chi connectivity index (χ1n) is 4.75. The summed E-state index contributed by atoms with van der Waals surface area (Å²) in [7, 11) is 0. The standard InChI is InChI=1S/C10H12BrN3S/c11-10-2-1-9(15-10)7-12-3-5-14-6-4-13-8-14/h1-2,4,6,8,12H,3,5,7H2. The highest BCUT2D eigenvalue weighted by Crippen LogP contribution is 2.21. The summed E-state index contributed by atoms with van der Waals surface area (Å²) in [5.74, 6) is 0. The molecule has 0 spiro atoms. The van der Waals surface area contributed by atoms with Crippen LogP contribution in [0, 0.1) is 0 Å². The van der Waals surface area contributed by atoms with Gasteiger partial charge in [-0.05, 0) is 28.1 Å². The Bertz CT molecular complexity index is 396. The Morgan fingerprint density at radius 1 is 1.47 bits per heavy atom. The van der Waals surface area contributed by atoms with Crippen LogP contribution in [0.15, 0.2) is 34.6 Å². The Kier molecular flexibility index (Phi) is 3.94. The van der Waals surface area contributed by atoms with Crippen LogP contribution >= 0.6 is 27.3 Å². The van der Waals surface area contributed by atoms with E-state index in [0.717, 1.165) is 19.6 Å². The molecule has 3 nitrogen and oxygen atoms in total. The molecule has 0 saturated heterocycles. The zero-order chi connectivity index (χ0) is 10.5. The van der Waals surface area contributed by atoms with Gasteiger partial charge in [-0.2, -0.15) is 0 Å². The van der Waals surface area contributed by atoms with Crippen molar-refractivity contribution < 1.29 is 0 Å². The largest absolute Gasteiger partial charge is 0.336 e. The van der Waals surface area contributed by atoms with E-state index in [9.17, 15) is 0 Å². The molecule has 0 fully saturated rings. The molecule has 0 unspecified atom stereocenters. The van der Waals surface area contributed by atoms with E-state index < -0.39 is 0 Å². The predicted molar refractivity (Wildman–Crippen MR) is 66.0 cm³/mol. The third-order valence-corrected chi connectivity index (χ3v) is 3.66. The van der Waals surface area contributed by atoms with E-state index in [4.69, 9.17) is 0 Å². The molecule has 0 saturated carbocycles. The minimum absolute atomic E-state index is 0.935. The summed E-state index contributed by atoms with van der Waals surface area (Å²) in [5, 5.41) is 3.39. The zero-order valence-corrected chi connectivity index (χ0v) is 10.6. The van der Waals surface area contributed by atoms with E-state index in [1.807, 2.05) is 12.5 Å². The first kappa shape index (κ1) is 10.9. The van der Waals surface area contributed by atoms with Gasteiger partial charge in [0.05, 0.1) is 10.1 Å². The van der Waals surface area contributed by atoms with Crippen LogP contribution < -0.4 is 5.32 Å². The lowest BCUT2D eigenvalue weighted by atomic mass is 10.4. The van der Waals surface area contributed by atoms with Gasteiger partial charge in [0.2, 0.25) is 0 Å². The molecule has 2 heterocycles. The number of halogens is 1. The summed E-state index contributed by atoms with van der Waals surface area (Å²) in [6.07, 6.45) is 5.61. The van der Waals surface area contributed by atoms with Gasteiger partial charge in [-0.25, -0.2) is 4.98 Å². The number of imidazole rings is 1. The summed E-state index contributed by atoms with van der Waals surface area (Å²) in [6.45, 7) is 2.86. The highest BCUT2D eigenvalue weighted by Gasteiger charge is 1.96. The first-order valence-corrected chi connectivity index (χ1v) is 6.36. The normalized spacial score (nSPS) is 10.7. The molecule has 0 aliphatic rings. The van der Waals surface area contributed by atoms with Crippen molar-refractivity contribution in [3.63, 3.8) is 0 Å². The van der Waals surface area contributed by atoms with E-state index in [1.165, 1.54) is 8.66 Å². The third-order valence-electron chi connectivity index (χ3n) is 2.03. The van der Waals surface area contributed by atoms with Gasteiger partial charge in [-0.3, -0.25) is 0 Å². The number of hydrogen-bond acceptors (Lipinski definition) is 3. The summed E-state index contributed by atoms with van der Waals surface area (Å²) in [5.41, 5.74) is 0. The van der Waals surface area contributed by atoms with E-state index in [0.29, 0.717) is 0 Å². The number of hydrogen-bond donors (Lipinski definition) is 1. The Balaban J connectivity index is 1.67. The zero-order valence-electron chi connectivity index (χ0n) is 8.19. The Morgan fingerprint density at radius 3 is 3.07 bits per heavy atom. The van der Waals surface area contributed by atoms with Crippen molar-refractivity contribution in [3.05, 3.63) is 39.5 Å². The molecule has 0 aliphatic carbocycles. The Labute approximate surface area is 101 Å². The van der Waals surface area contributed by atoms with Crippen LogP contribution in [-0.2, 0) is 13.1 Å². The van der Waals surface area contributed by atoms with E-state index in [2.05, 4.69) is 42.9 Å². The Morgan fingerprint density at radius 2 is 2.40 bits per heavy atom. The van der Waals surface area contributed by atoms with Crippen LogP contribution in [0.25, 0.3) is 0 Å². The number of rotatable bonds is 5. The van der Waals surface area contributed by atoms with Crippen LogP contribution in [0.4, 0.5) is 0 Å². The van der Waals surface area contributed by atoms with Crippen molar-refractivity contribution in [2.45, 2.75) is 13.1 Å². The predicted octanol–water partition coefficient (Wildman–Crippen LogP) is 2.50. The molecule has 2 aromatic heterocycles. The molecule has 2 aromatic rings. The van der Waals surface area contributed by atoms with Crippen LogP contribution in [0.1, 0.15) is 4.88 Å². The van der Waals surface area contributed by atoms with Crippen molar-refractivity contribution in [2.24, 2.45) is 0 Å². The maximum absolute atomic E-state index is 3.99. The summed E-state index contributed by atoms with van der Waals surface area (Å²) in [4.78, 5) is 5.35. The summed E-state index contributed by atoms with van der Waals surface area (Å²) in [6, 6.07) is 4.22. The monoisotopic (exact) mass is 285 g/mol. The van der Waals surface area contributed by atoms with Crippen molar-refractivity contribution >= 4 is 27.3 Å². The second-order valence-electron chi connectivity index (χ2n) is 3.18. The van der Waals surface area contributed by atoms with Gasteiger partial charge in [0.1, 0.15) is 0 Å². The fraction of sp³-hybridized carbons (Fsp3) is 0.300. The second kappa shape index (κ2) is 5.44. The van der Waals surface area contributed by atoms with Crippen LogP contribution in [0.3, 0.4) is 0 Å². The molecule has 0 radical (unpaired) electrons. The van der Waals surface area contributed by atoms with Crippen LogP contribution in [-0.4, -0.2) is 16.1 Å². The average molecular weight is 286 g/mol. The van der Waals surface area contributed by atoms with Gasteiger partial charge in [-0.15, -0.1) is 11.3 Å². The lowest BCUT2D eigenvalue weighted by Crippen LogP contribution is -2.18. The van der Waals surface area contributed by atoms with Gasteiger partial charge in [0.25, 0.3) is 0 Å². The molecule has 0 bridgehead atoms. The molecule has 5 heteroatoms. The molecule has 0 aliphatic heterocycles. The SMILES string of the molecule is Brc1ccc(CNCCn2ccnc2)s1. The average Bonchev–Trinajstić information content (AvgIpc) is 2.84. The highest BCUT2D eigenvalue weighted by molar-refractivity contribution is 9.11. The van der Waals surface area contributed by atoms with Gasteiger partial charge in [0, 0.05) is 36.9 Å². The molecule has 2 rings (SSSR count). The quantitative estimate of drug-likeness (QED) is 0.856. The first-order chi connectivity index (χ1) is 7.34. The lowest BCUT2D eigenvalue weighted by Gasteiger charge is -2.03. The second-order valence-corrected chi connectivity index (χ2v) is 5.73. The maximum atomic E-state index is 3.99. The van der Waals surface area contributed by atoms with Crippen molar-refractivity contribution in [1.82, 2.24) is 14.9 Å². The molecular formula is C10H12BrN3S. The molecule has 0 aromatic carbocycles. The maximum Gasteiger partial charge on any atom is 0.0946 e. The molecule has 15 heavy (non-hydrogen) atoms. The van der Waals surface area contributed by atoms with E-state index >= 15 is 0 Å². The number of nitrogens with zero attached hydrogens (tertiary/aromatic N) is 2. The third kappa shape index (κ3) is 3.44. The van der Waals surface area contributed by atoms with Crippen molar-refractivity contribution in [3.8, 4) is 0 Å². The fourth-order valence-corrected chi connectivity index (χ4v) is 2.74. The minimum Gasteiger partial charge on any atom is -0.336 e. The molecule has 0 amide bonds. The number of aromatic nitrogens is 2. The molecular weight excluding hydrogens is 274 g/mol.